The Morgan fingerprint density at radius 2 is 2.12 bits per heavy atom. The molecule has 1 nitrogen and oxygen atoms in total. The van der Waals surface area contributed by atoms with Crippen LogP contribution in [0.15, 0.2) is 22.7 Å². The molecule has 0 saturated heterocycles. The Labute approximate surface area is 106 Å². The molecule has 1 aromatic carbocycles. The summed E-state index contributed by atoms with van der Waals surface area (Å²) in [5.74, 6) is 0.849. The van der Waals surface area contributed by atoms with Crippen molar-refractivity contribution >= 4 is 15.9 Å². The van der Waals surface area contributed by atoms with E-state index >= 15 is 0 Å². The first-order valence-electron chi connectivity index (χ1n) is 6.32. The lowest BCUT2D eigenvalue weighted by atomic mass is 9.84. The summed E-state index contributed by atoms with van der Waals surface area (Å²) in [6, 6.07) is 7.48. The predicted molar refractivity (Wildman–Crippen MR) is 70.7 cm³/mol. The summed E-state index contributed by atoms with van der Waals surface area (Å²) in [6.07, 6.45) is 6.64. The number of rotatable bonds is 3. The highest BCUT2D eigenvalue weighted by molar-refractivity contribution is 9.10. The van der Waals surface area contributed by atoms with E-state index in [0.717, 1.165) is 12.0 Å². The second-order valence-electron chi connectivity index (χ2n) is 5.17. The number of hydrogen-bond donors (Lipinski definition) is 1. The molecule has 0 bridgehead atoms. The second kappa shape index (κ2) is 4.50. The molecule has 0 radical (unpaired) electrons. The molecule has 86 valence electrons. The molecular formula is C14H18BrN. The Morgan fingerprint density at radius 3 is 2.94 bits per heavy atom. The van der Waals surface area contributed by atoms with E-state index in [0.29, 0.717) is 0 Å². The van der Waals surface area contributed by atoms with Gasteiger partial charge in [0.05, 0.1) is 0 Å². The maximum absolute atomic E-state index is 3.66. The van der Waals surface area contributed by atoms with E-state index < -0.39 is 0 Å². The lowest BCUT2D eigenvalue weighted by molar-refractivity contribution is 0.423. The van der Waals surface area contributed by atoms with Crippen molar-refractivity contribution in [3.05, 3.63) is 33.8 Å². The van der Waals surface area contributed by atoms with Gasteiger partial charge in [0.2, 0.25) is 0 Å². The number of nitrogens with one attached hydrogen (secondary N) is 1. The lowest BCUT2D eigenvalue weighted by Gasteiger charge is -2.25. The predicted octanol–water partition coefficient (Wildman–Crippen LogP) is 3.31. The van der Waals surface area contributed by atoms with Crippen LogP contribution >= 0.6 is 15.9 Å². The average Bonchev–Trinajstić information content (AvgIpc) is 3.10. The number of halogens is 1. The summed E-state index contributed by atoms with van der Waals surface area (Å²) in [7, 11) is 0. The third-order valence-corrected chi connectivity index (χ3v) is 4.54. The third kappa shape index (κ3) is 2.33. The van der Waals surface area contributed by atoms with Gasteiger partial charge in [0.1, 0.15) is 0 Å². The normalized spacial score (nSPS) is 24.2. The van der Waals surface area contributed by atoms with Crippen LogP contribution in [0.3, 0.4) is 0 Å². The quantitative estimate of drug-likeness (QED) is 0.895. The molecule has 16 heavy (non-hydrogen) atoms. The molecule has 2 heteroatoms. The molecule has 1 saturated carbocycles. The first-order valence-corrected chi connectivity index (χ1v) is 7.12. The van der Waals surface area contributed by atoms with Crippen LogP contribution in [0.2, 0.25) is 0 Å². The Hall–Kier alpha value is -0.340. The molecule has 1 aromatic rings. The van der Waals surface area contributed by atoms with Crippen molar-refractivity contribution in [3.63, 3.8) is 0 Å². The van der Waals surface area contributed by atoms with Crippen molar-refractivity contribution in [2.24, 2.45) is 5.92 Å². The van der Waals surface area contributed by atoms with E-state index in [4.69, 9.17) is 0 Å². The molecule has 1 fully saturated rings. The van der Waals surface area contributed by atoms with Crippen molar-refractivity contribution < 1.29 is 0 Å². The summed E-state index contributed by atoms with van der Waals surface area (Å²) < 4.78 is 1.30. The van der Waals surface area contributed by atoms with Gasteiger partial charge in [-0.15, -0.1) is 0 Å². The zero-order valence-corrected chi connectivity index (χ0v) is 11.1. The highest BCUT2D eigenvalue weighted by atomic mass is 79.9. The van der Waals surface area contributed by atoms with E-state index in [-0.39, 0.29) is 0 Å². The molecule has 1 atom stereocenters. The van der Waals surface area contributed by atoms with Crippen LogP contribution in [0.1, 0.15) is 30.4 Å². The fourth-order valence-corrected chi connectivity index (χ4v) is 3.24. The molecule has 3 rings (SSSR count). The zero-order valence-electron chi connectivity index (χ0n) is 9.51. The topological polar surface area (TPSA) is 12.0 Å². The van der Waals surface area contributed by atoms with Crippen LogP contribution in [0.25, 0.3) is 0 Å². The SMILES string of the molecule is Brc1cccc2c1CCC(CNC1CC1)C2. The highest BCUT2D eigenvalue weighted by Gasteiger charge is 2.24. The van der Waals surface area contributed by atoms with Gasteiger partial charge < -0.3 is 5.32 Å². The molecule has 0 aliphatic heterocycles. The smallest absolute Gasteiger partial charge is 0.0210 e. The number of benzene rings is 1. The van der Waals surface area contributed by atoms with Gasteiger partial charge in [0.15, 0.2) is 0 Å². The van der Waals surface area contributed by atoms with Crippen LogP contribution in [-0.4, -0.2) is 12.6 Å². The summed E-state index contributed by atoms with van der Waals surface area (Å²) in [5, 5.41) is 3.66. The molecule has 0 spiro atoms. The first kappa shape index (κ1) is 10.8. The zero-order chi connectivity index (χ0) is 11.0. The lowest BCUT2D eigenvalue weighted by Crippen LogP contribution is -2.28. The standard InChI is InChI=1S/C14H18BrN/c15-14-3-1-2-11-8-10(4-7-13(11)14)9-16-12-5-6-12/h1-3,10,12,16H,4-9H2. The van der Waals surface area contributed by atoms with Crippen LogP contribution in [-0.2, 0) is 12.8 Å². The largest absolute Gasteiger partial charge is 0.314 e. The Morgan fingerprint density at radius 1 is 1.25 bits per heavy atom. The van der Waals surface area contributed by atoms with E-state index in [1.807, 2.05) is 0 Å². The maximum atomic E-state index is 3.66. The van der Waals surface area contributed by atoms with Crippen molar-refractivity contribution in [2.75, 3.05) is 6.54 Å². The van der Waals surface area contributed by atoms with Gasteiger partial charge >= 0.3 is 0 Å². The minimum atomic E-state index is 0.849. The van der Waals surface area contributed by atoms with Crippen LogP contribution in [0.4, 0.5) is 0 Å². The monoisotopic (exact) mass is 279 g/mol. The number of fused-ring (bicyclic) bond motifs is 1. The van der Waals surface area contributed by atoms with Crippen molar-refractivity contribution in [2.45, 2.75) is 38.1 Å². The fourth-order valence-electron chi connectivity index (χ4n) is 2.63. The summed E-state index contributed by atoms with van der Waals surface area (Å²) in [6.45, 7) is 1.22. The van der Waals surface area contributed by atoms with Gasteiger partial charge in [-0.05, 0) is 61.8 Å². The minimum absolute atomic E-state index is 0.849. The molecule has 0 heterocycles. The van der Waals surface area contributed by atoms with Crippen LogP contribution < -0.4 is 5.32 Å². The fraction of sp³-hybridized carbons (Fsp3) is 0.571. The number of hydrogen-bond acceptors (Lipinski definition) is 1. The van der Waals surface area contributed by atoms with E-state index in [2.05, 4.69) is 39.4 Å². The first-order chi connectivity index (χ1) is 7.83. The second-order valence-corrected chi connectivity index (χ2v) is 6.02. The summed E-state index contributed by atoms with van der Waals surface area (Å²) in [5.41, 5.74) is 3.10. The summed E-state index contributed by atoms with van der Waals surface area (Å²) in [4.78, 5) is 0. The van der Waals surface area contributed by atoms with E-state index in [9.17, 15) is 0 Å². The maximum Gasteiger partial charge on any atom is 0.0210 e. The van der Waals surface area contributed by atoms with Gasteiger partial charge in [-0.3, -0.25) is 0 Å². The Balaban J connectivity index is 1.65. The van der Waals surface area contributed by atoms with Gasteiger partial charge in [0, 0.05) is 10.5 Å². The Bertz CT molecular complexity index is 384. The molecule has 1 N–H and O–H groups in total. The third-order valence-electron chi connectivity index (χ3n) is 3.80. The van der Waals surface area contributed by atoms with Crippen LogP contribution in [0.5, 0.6) is 0 Å². The summed E-state index contributed by atoms with van der Waals surface area (Å²) >= 11 is 3.66. The molecule has 2 aliphatic carbocycles. The highest BCUT2D eigenvalue weighted by Crippen LogP contribution is 2.31. The van der Waals surface area contributed by atoms with Gasteiger partial charge in [0.25, 0.3) is 0 Å². The molecule has 0 aromatic heterocycles. The molecular weight excluding hydrogens is 262 g/mol. The van der Waals surface area contributed by atoms with Crippen LogP contribution in [0, 0.1) is 5.92 Å². The molecule has 2 aliphatic rings. The van der Waals surface area contributed by atoms with Gasteiger partial charge in [-0.1, -0.05) is 28.1 Å². The molecule has 0 amide bonds. The van der Waals surface area contributed by atoms with Gasteiger partial charge in [-0.2, -0.15) is 0 Å². The van der Waals surface area contributed by atoms with Crippen molar-refractivity contribution in [1.82, 2.24) is 5.32 Å². The van der Waals surface area contributed by atoms with Crippen molar-refractivity contribution in [1.29, 1.82) is 0 Å². The van der Waals surface area contributed by atoms with Crippen molar-refractivity contribution in [3.8, 4) is 0 Å². The van der Waals surface area contributed by atoms with E-state index in [1.165, 1.54) is 43.1 Å². The average molecular weight is 280 g/mol. The van der Waals surface area contributed by atoms with Gasteiger partial charge in [-0.25, -0.2) is 0 Å². The van der Waals surface area contributed by atoms with E-state index in [1.54, 1.807) is 11.1 Å². The molecule has 1 unspecified atom stereocenters. The minimum Gasteiger partial charge on any atom is -0.314 e. The Kier molecular flexibility index (Phi) is 3.03.